The molecular formula is C22H28S. The molecule has 0 aromatic heterocycles. The Morgan fingerprint density at radius 3 is 2.26 bits per heavy atom. The molecule has 0 aliphatic rings. The number of hydrogen-bond acceptors (Lipinski definition) is 1. The van der Waals surface area contributed by atoms with Crippen molar-refractivity contribution in [2.75, 3.05) is 0 Å². The lowest BCUT2D eigenvalue weighted by Gasteiger charge is -2.08. The van der Waals surface area contributed by atoms with Crippen molar-refractivity contribution in [1.29, 1.82) is 0 Å². The van der Waals surface area contributed by atoms with Crippen molar-refractivity contribution in [2.45, 2.75) is 57.3 Å². The van der Waals surface area contributed by atoms with E-state index in [0.29, 0.717) is 0 Å². The van der Waals surface area contributed by atoms with Gasteiger partial charge in [0.2, 0.25) is 0 Å². The highest BCUT2D eigenvalue weighted by molar-refractivity contribution is 8.03. The fourth-order valence-electron chi connectivity index (χ4n) is 2.55. The highest BCUT2D eigenvalue weighted by Crippen LogP contribution is 2.32. The molecule has 0 unspecified atom stereocenters. The molecule has 0 N–H and O–H groups in total. The second-order valence-electron chi connectivity index (χ2n) is 6.10. The van der Waals surface area contributed by atoms with Crippen LogP contribution in [0, 0.1) is 6.92 Å². The number of rotatable bonds is 9. The van der Waals surface area contributed by atoms with E-state index in [1.54, 1.807) is 0 Å². The first kappa shape index (κ1) is 17.9. The minimum Gasteiger partial charge on any atom is -0.0945 e. The predicted octanol–water partition coefficient (Wildman–Crippen LogP) is 7.49. The summed E-state index contributed by atoms with van der Waals surface area (Å²) in [6, 6.07) is 19.5. The Morgan fingerprint density at radius 2 is 1.57 bits per heavy atom. The molecule has 2 aromatic rings. The zero-order valence-corrected chi connectivity index (χ0v) is 15.2. The van der Waals surface area contributed by atoms with Gasteiger partial charge in [-0.05, 0) is 48.4 Å². The van der Waals surface area contributed by atoms with E-state index in [9.17, 15) is 0 Å². The van der Waals surface area contributed by atoms with Gasteiger partial charge in [0.1, 0.15) is 0 Å². The largest absolute Gasteiger partial charge is 0.0945 e. The van der Waals surface area contributed by atoms with Gasteiger partial charge in [-0.1, -0.05) is 92.4 Å². The van der Waals surface area contributed by atoms with E-state index in [1.165, 1.54) is 59.5 Å². The molecule has 0 aliphatic carbocycles. The lowest BCUT2D eigenvalue weighted by atomic mass is 10.1. The van der Waals surface area contributed by atoms with Crippen molar-refractivity contribution >= 4 is 17.8 Å². The fraction of sp³-hybridized carbons (Fsp3) is 0.364. The van der Waals surface area contributed by atoms with Crippen LogP contribution in [0.3, 0.4) is 0 Å². The van der Waals surface area contributed by atoms with Gasteiger partial charge in [0, 0.05) is 4.90 Å². The minimum absolute atomic E-state index is 1.18. The van der Waals surface area contributed by atoms with Crippen molar-refractivity contribution in [3.05, 3.63) is 70.6 Å². The Morgan fingerprint density at radius 1 is 0.870 bits per heavy atom. The van der Waals surface area contributed by atoms with Gasteiger partial charge in [-0.15, -0.1) is 0 Å². The zero-order valence-electron chi connectivity index (χ0n) is 14.4. The molecule has 0 spiro atoms. The molecule has 1 heteroatoms. The summed E-state index contributed by atoms with van der Waals surface area (Å²) in [6.45, 7) is 4.41. The molecule has 0 saturated carbocycles. The SMILES string of the molecule is CCCCCCC/C(=C\c1ccccc1)Sc1ccc(C)cc1. The maximum absolute atomic E-state index is 2.35. The average molecular weight is 325 g/mol. The van der Waals surface area contributed by atoms with E-state index < -0.39 is 0 Å². The molecule has 0 nitrogen and oxygen atoms in total. The molecule has 0 heterocycles. The predicted molar refractivity (Wildman–Crippen MR) is 105 cm³/mol. The van der Waals surface area contributed by atoms with E-state index in [1.807, 2.05) is 11.8 Å². The number of hydrogen-bond donors (Lipinski definition) is 0. The number of benzene rings is 2. The molecule has 0 saturated heterocycles. The molecule has 0 bridgehead atoms. The Bertz CT molecular complexity index is 581. The number of allylic oxidation sites excluding steroid dienone is 1. The molecule has 0 atom stereocenters. The molecule has 0 amide bonds. The molecule has 23 heavy (non-hydrogen) atoms. The first-order valence-corrected chi connectivity index (χ1v) is 9.59. The van der Waals surface area contributed by atoms with Gasteiger partial charge in [0.15, 0.2) is 0 Å². The standard InChI is InChI=1S/C22H28S/c1-3-4-5-6-10-13-22(18-20-11-8-7-9-12-20)23-21-16-14-19(2)15-17-21/h7-9,11-12,14-18H,3-6,10,13H2,1-2H3/b22-18+. The molecule has 2 rings (SSSR count). The van der Waals surface area contributed by atoms with Crippen LogP contribution < -0.4 is 0 Å². The van der Waals surface area contributed by atoms with Gasteiger partial charge < -0.3 is 0 Å². The Balaban J connectivity index is 2.01. The number of aryl methyl sites for hydroxylation is 1. The van der Waals surface area contributed by atoms with Gasteiger partial charge in [0.05, 0.1) is 0 Å². The van der Waals surface area contributed by atoms with Crippen LogP contribution in [0.4, 0.5) is 0 Å². The summed E-state index contributed by atoms with van der Waals surface area (Å²) < 4.78 is 0. The summed E-state index contributed by atoms with van der Waals surface area (Å²) >= 11 is 1.92. The van der Waals surface area contributed by atoms with Crippen molar-refractivity contribution in [2.24, 2.45) is 0 Å². The molecule has 0 aliphatic heterocycles. The van der Waals surface area contributed by atoms with E-state index >= 15 is 0 Å². The van der Waals surface area contributed by atoms with Crippen LogP contribution >= 0.6 is 11.8 Å². The van der Waals surface area contributed by atoms with Crippen LogP contribution in [0.25, 0.3) is 6.08 Å². The average Bonchev–Trinajstić information content (AvgIpc) is 2.57. The smallest absolute Gasteiger partial charge is 0.0119 e. The fourth-order valence-corrected chi connectivity index (χ4v) is 3.56. The molecule has 0 radical (unpaired) electrons. The Labute approximate surface area is 146 Å². The van der Waals surface area contributed by atoms with E-state index in [0.717, 1.165) is 0 Å². The summed E-state index contributed by atoms with van der Waals surface area (Å²) in [4.78, 5) is 2.81. The summed E-state index contributed by atoms with van der Waals surface area (Å²) in [5, 5.41) is 0. The van der Waals surface area contributed by atoms with Crippen LogP contribution in [0.1, 0.15) is 56.6 Å². The van der Waals surface area contributed by atoms with Crippen LogP contribution in [-0.4, -0.2) is 0 Å². The highest BCUT2D eigenvalue weighted by Gasteiger charge is 2.02. The molecular weight excluding hydrogens is 296 g/mol. The van der Waals surface area contributed by atoms with Crippen molar-refractivity contribution in [3.63, 3.8) is 0 Å². The third-order valence-electron chi connectivity index (χ3n) is 3.92. The van der Waals surface area contributed by atoms with E-state index in [2.05, 4.69) is 74.5 Å². The van der Waals surface area contributed by atoms with Gasteiger partial charge in [-0.25, -0.2) is 0 Å². The second-order valence-corrected chi connectivity index (χ2v) is 7.30. The van der Waals surface area contributed by atoms with Gasteiger partial charge in [0.25, 0.3) is 0 Å². The monoisotopic (exact) mass is 324 g/mol. The molecule has 2 aromatic carbocycles. The normalized spacial score (nSPS) is 11.7. The molecule has 122 valence electrons. The Kier molecular flexibility index (Phi) is 8.03. The van der Waals surface area contributed by atoms with E-state index in [-0.39, 0.29) is 0 Å². The molecule has 0 fully saturated rings. The van der Waals surface area contributed by atoms with E-state index in [4.69, 9.17) is 0 Å². The van der Waals surface area contributed by atoms with Gasteiger partial charge >= 0.3 is 0 Å². The van der Waals surface area contributed by atoms with Crippen molar-refractivity contribution in [1.82, 2.24) is 0 Å². The first-order chi connectivity index (χ1) is 11.3. The number of unbranched alkanes of at least 4 members (excludes halogenated alkanes) is 4. The maximum atomic E-state index is 2.35. The summed E-state index contributed by atoms with van der Waals surface area (Å²) in [6.07, 6.45) is 10.2. The summed E-state index contributed by atoms with van der Waals surface area (Å²) in [5.41, 5.74) is 2.62. The Hall–Kier alpha value is -1.47. The topological polar surface area (TPSA) is 0 Å². The van der Waals surface area contributed by atoms with Crippen molar-refractivity contribution in [3.8, 4) is 0 Å². The number of thioether (sulfide) groups is 1. The van der Waals surface area contributed by atoms with Crippen molar-refractivity contribution < 1.29 is 0 Å². The summed E-state index contributed by atoms with van der Waals surface area (Å²) in [7, 11) is 0. The first-order valence-electron chi connectivity index (χ1n) is 8.78. The third-order valence-corrected chi connectivity index (χ3v) is 5.02. The lowest BCUT2D eigenvalue weighted by molar-refractivity contribution is 0.636. The van der Waals surface area contributed by atoms with Crippen LogP contribution in [0.2, 0.25) is 0 Å². The van der Waals surface area contributed by atoms with Gasteiger partial charge in [-0.2, -0.15) is 0 Å². The van der Waals surface area contributed by atoms with Crippen LogP contribution in [-0.2, 0) is 0 Å². The minimum atomic E-state index is 1.18. The van der Waals surface area contributed by atoms with Crippen LogP contribution in [0.15, 0.2) is 64.4 Å². The lowest BCUT2D eigenvalue weighted by Crippen LogP contribution is -1.84. The third kappa shape index (κ3) is 7.09. The zero-order chi connectivity index (χ0) is 16.3. The maximum Gasteiger partial charge on any atom is 0.0119 e. The van der Waals surface area contributed by atoms with Crippen LogP contribution in [0.5, 0.6) is 0 Å². The second kappa shape index (κ2) is 10.3. The summed E-state index contributed by atoms with van der Waals surface area (Å²) in [5.74, 6) is 0. The highest BCUT2D eigenvalue weighted by atomic mass is 32.2. The van der Waals surface area contributed by atoms with Gasteiger partial charge in [-0.3, -0.25) is 0 Å². The quantitative estimate of drug-likeness (QED) is 0.340.